The Bertz CT molecular complexity index is 461. The Balaban J connectivity index is 3.09. The number of anilines is 1. The van der Waals surface area contributed by atoms with Gasteiger partial charge in [-0.3, -0.25) is 14.9 Å². The summed E-state index contributed by atoms with van der Waals surface area (Å²) in [7, 11) is 0. The fourth-order valence-electron chi connectivity index (χ4n) is 1.02. The third kappa shape index (κ3) is 2.50. The van der Waals surface area contributed by atoms with Crippen molar-refractivity contribution in [2.75, 3.05) is 5.32 Å². The van der Waals surface area contributed by atoms with Crippen molar-refractivity contribution in [3.05, 3.63) is 34.1 Å². The molecule has 0 saturated heterocycles. The standard InChI is InChI=1S/C8H6FN3O4/c9-5-2-1-3-6(8(5)12(15)16)11-7(13)4-10-14/h1-4,14H,(H,11,13)/b10-4+. The lowest BCUT2D eigenvalue weighted by Gasteiger charge is -2.02. The summed E-state index contributed by atoms with van der Waals surface area (Å²) in [4.78, 5) is 20.5. The van der Waals surface area contributed by atoms with Crippen LogP contribution in [0, 0.1) is 15.9 Å². The zero-order valence-electron chi connectivity index (χ0n) is 7.75. The number of hydrogen-bond acceptors (Lipinski definition) is 5. The average molecular weight is 227 g/mol. The van der Waals surface area contributed by atoms with Crippen molar-refractivity contribution in [3.8, 4) is 0 Å². The molecule has 0 unspecified atom stereocenters. The van der Waals surface area contributed by atoms with Crippen molar-refractivity contribution in [1.29, 1.82) is 0 Å². The molecule has 8 heteroatoms. The lowest BCUT2D eigenvalue weighted by atomic mass is 10.2. The van der Waals surface area contributed by atoms with E-state index in [1.54, 1.807) is 0 Å². The maximum Gasteiger partial charge on any atom is 0.328 e. The summed E-state index contributed by atoms with van der Waals surface area (Å²) < 4.78 is 13.1. The van der Waals surface area contributed by atoms with E-state index in [2.05, 4.69) is 5.16 Å². The van der Waals surface area contributed by atoms with Crippen molar-refractivity contribution >= 4 is 23.5 Å². The summed E-state index contributed by atoms with van der Waals surface area (Å²) in [6.07, 6.45) is 0.495. The maximum absolute atomic E-state index is 13.1. The molecule has 0 aliphatic carbocycles. The first-order chi connectivity index (χ1) is 7.56. The predicted molar refractivity (Wildman–Crippen MR) is 52.0 cm³/mol. The van der Waals surface area contributed by atoms with Crippen LogP contribution in [0.4, 0.5) is 15.8 Å². The van der Waals surface area contributed by atoms with Gasteiger partial charge in [0.1, 0.15) is 11.9 Å². The number of carbonyl (C=O) groups is 1. The molecule has 7 nitrogen and oxygen atoms in total. The van der Waals surface area contributed by atoms with E-state index < -0.39 is 22.3 Å². The molecule has 0 bridgehead atoms. The quantitative estimate of drug-likeness (QED) is 0.349. The third-order valence-corrected chi connectivity index (χ3v) is 1.60. The van der Waals surface area contributed by atoms with Crippen molar-refractivity contribution in [2.45, 2.75) is 0 Å². The summed E-state index contributed by atoms with van der Waals surface area (Å²) in [5.41, 5.74) is -1.16. The van der Waals surface area contributed by atoms with E-state index >= 15 is 0 Å². The molecule has 2 N–H and O–H groups in total. The van der Waals surface area contributed by atoms with Crippen LogP contribution in [0.5, 0.6) is 0 Å². The van der Waals surface area contributed by atoms with Gasteiger partial charge in [0.2, 0.25) is 5.82 Å². The van der Waals surface area contributed by atoms with Gasteiger partial charge in [-0.2, -0.15) is 4.39 Å². The molecule has 1 aromatic carbocycles. The molecule has 1 rings (SSSR count). The zero-order chi connectivity index (χ0) is 12.1. The molecule has 84 valence electrons. The van der Waals surface area contributed by atoms with Crippen LogP contribution < -0.4 is 5.32 Å². The van der Waals surface area contributed by atoms with Crippen molar-refractivity contribution in [3.63, 3.8) is 0 Å². The van der Waals surface area contributed by atoms with Crippen LogP contribution in [0.25, 0.3) is 0 Å². The van der Waals surface area contributed by atoms with E-state index in [1.165, 1.54) is 6.07 Å². The zero-order valence-corrected chi connectivity index (χ0v) is 7.75. The van der Waals surface area contributed by atoms with Crippen molar-refractivity contribution in [2.24, 2.45) is 5.16 Å². The Kier molecular flexibility index (Phi) is 3.49. The van der Waals surface area contributed by atoms with E-state index in [0.717, 1.165) is 12.1 Å². The van der Waals surface area contributed by atoms with Crippen LogP contribution in [0.3, 0.4) is 0 Å². The largest absolute Gasteiger partial charge is 0.411 e. The molecule has 16 heavy (non-hydrogen) atoms. The van der Waals surface area contributed by atoms with E-state index in [1.807, 2.05) is 5.32 Å². The first-order valence-electron chi connectivity index (χ1n) is 3.97. The number of nitrogens with zero attached hydrogens (tertiary/aromatic N) is 2. The summed E-state index contributed by atoms with van der Waals surface area (Å²) in [5.74, 6) is -1.97. The molecular weight excluding hydrogens is 221 g/mol. The second-order valence-corrected chi connectivity index (χ2v) is 2.63. The second kappa shape index (κ2) is 4.82. The maximum atomic E-state index is 13.1. The highest BCUT2D eigenvalue weighted by Crippen LogP contribution is 2.26. The van der Waals surface area contributed by atoms with Gasteiger partial charge in [0.25, 0.3) is 5.91 Å². The molecular formula is C8H6FN3O4. The number of nitro benzene ring substituents is 1. The Labute approximate surface area is 88.3 Å². The minimum atomic E-state index is -1.07. The molecule has 0 atom stereocenters. The number of hydrogen-bond donors (Lipinski definition) is 2. The summed E-state index contributed by atoms with van der Waals surface area (Å²) in [6, 6.07) is 3.26. The highest BCUT2D eigenvalue weighted by molar-refractivity contribution is 6.31. The minimum absolute atomic E-state index is 0.310. The molecule has 0 aromatic heterocycles. The van der Waals surface area contributed by atoms with Crippen LogP contribution >= 0.6 is 0 Å². The number of carbonyl (C=O) groups excluding carboxylic acids is 1. The van der Waals surface area contributed by atoms with Crippen LogP contribution in [-0.4, -0.2) is 22.3 Å². The fourth-order valence-corrected chi connectivity index (χ4v) is 1.02. The fraction of sp³-hybridized carbons (Fsp3) is 0. The number of rotatable bonds is 3. The first kappa shape index (κ1) is 11.6. The molecule has 0 radical (unpaired) electrons. The molecule has 0 heterocycles. The molecule has 0 fully saturated rings. The molecule has 0 aliphatic heterocycles. The molecule has 0 spiro atoms. The van der Waals surface area contributed by atoms with Gasteiger partial charge in [-0.05, 0) is 12.1 Å². The monoisotopic (exact) mass is 227 g/mol. The van der Waals surface area contributed by atoms with Gasteiger partial charge in [-0.15, -0.1) is 0 Å². The summed E-state index contributed by atoms with van der Waals surface area (Å²) in [6.45, 7) is 0. The van der Waals surface area contributed by atoms with Crippen LogP contribution in [0.1, 0.15) is 0 Å². The Morgan fingerprint density at radius 2 is 2.31 bits per heavy atom. The topological polar surface area (TPSA) is 105 Å². The predicted octanol–water partition coefficient (Wildman–Crippen LogP) is 1.13. The summed E-state index contributed by atoms with van der Waals surface area (Å²) in [5, 5.41) is 23.0. The number of amides is 1. The molecule has 0 aliphatic rings. The van der Waals surface area contributed by atoms with Crippen molar-refractivity contribution < 1.29 is 19.3 Å². The molecule has 1 aromatic rings. The van der Waals surface area contributed by atoms with E-state index in [-0.39, 0.29) is 5.69 Å². The lowest BCUT2D eigenvalue weighted by Crippen LogP contribution is -2.14. The summed E-state index contributed by atoms with van der Waals surface area (Å²) >= 11 is 0. The van der Waals surface area contributed by atoms with Crippen LogP contribution in [0.15, 0.2) is 23.4 Å². The number of halogens is 1. The van der Waals surface area contributed by atoms with Crippen LogP contribution in [-0.2, 0) is 4.79 Å². The number of nitrogens with one attached hydrogen (secondary N) is 1. The highest BCUT2D eigenvalue weighted by Gasteiger charge is 2.20. The first-order valence-corrected chi connectivity index (χ1v) is 3.97. The number of oxime groups is 1. The minimum Gasteiger partial charge on any atom is -0.411 e. The van der Waals surface area contributed by atoms with Crippen molar-refractivity contribution in [1.82, 2.24) is 0 Å². The van der Waals surface area contributed by atoms with Gasteiger partial charge in [-0.1, -0.05) is 11.2 Å². The molecule has 0 saturated carbocycles. The number of nitro groups is 1. The van der Waals surface area contributed by atoms with Gasteiger partial charge in [0.15, 0.2) is 0 Å². The highest BCUT2D eigenvalue weighted by atomic mass is 19.1. The van der Waals surface area contributed by atoms with Crippen LogP contribution in [0.2, 0.25) is 0 Å². The van der Waals surface area contributed by atoms with E-state index in [4.69, 9.17) is 5.21 Å². The Morgan fingerprint density at radius 3 is 2.88 bits per heavy atom. The Hall–Kier alpha value is -2.51. The van der Waals surface area contributed by atoms with Gasteiger partial charge in [0.05, 0.1) is 4.92 Å². The Morgan fingerprint density at radius 1 is 1.62 bits per heavy atom. The van der Waals surface area contributed by atoms with E-state index in [0.29, 0.717) is 6.21 Å². The van der Waals surface area contributed by atoms with Gasteiger partial charge < -0.3 is 10.5 Å². The molecule has 1 amide bonds. The van der Waals surface area contributed by atoms with Gasteiger partial charge >= 0.3 is 5.69 Å². The van der Waals surface area contributed by atoms with Gasteiger partial charge in [-0.25, -0.2) is 0 Å². The second-order valence-electron chi connectivity index (χ2n) is 2.63. The lowest BCUT2D eigenvalue weighted by molar-refractivity contribution is -0.386. The van der Waals surface area contributed by atoms with Gasteiger partial charge in [0, 0.05) is 0 Å². The normalized spacial score (nSPS) is 10.3. The van der Waals surface area contributed by atoms with E-state index in [9.17, 15) is 19.3 Å². The smallest absolute Gasteiger partial charge is 0.328 e. The average Bonchev–Trinajstić information content (AvgIpc) is 2.17. The third-order valence-electron chi connectivity index (χ3n) is 1.60. The number of para-hydroxylation sites is 1. The number of benzene rings is 1. The SMILES string of the molecule is O=C(/C=N/O)Nc1cccc(F)c1[N+](=O)[O-].